The first-order valence-electron chi connectivity index (χ1n) is 4.41. The van der Waals surface area contributed by atoms with Gasteiger partial charge in [-0.05, 0) is 25.1 Å². The highest BCUT2D eigenvalue weighted by molar-refractivity contribution is 5.50. The Kier molecular flexibility index (Phi) is 3.56. The monoisotopic (exact) mass is 226 g/mol. The van der Waals surface area contributed by atoms with Crippen LogP contribution >= 0.6 is 0 Å². The molecule has 0 spiro atoms. The number of hydrogen-bond acceptors (Lipinski definition) is 1. The molecule has 16 heavy (non-hydrogen) atoms. The predicted molar refractivity (Wildman–Crippen MR) is 55.4 cm³/mol. The Bertz CT molecular complexity index is 441. The van der Waals surface area contributed by atoms with Crippen molar-refractivity contribution in [3.8, 4) is 0 Å². The van der Waals surface area contributed by atoms with Crippen molar-refractivity contribution in [2.24, 2.45) is 0 Å². The van der Waals surface area contributed by atoms with E-state index in [2.05, 4.69) is 10.2 Å². The maximum absolute atomic E-state index is 12.4. The number of benzene rings is 1. The van der Waals surface area contributed by atoms with Gasteiger partial charge in [0, 0.05) is 11.4 Å². The number of halogens is 3. The van der Waals surface area contributed by atoms with Crippen LogP contribution in [0.5, 0.6) is 0 Å². The molecule has 0 bridgehead atoms. The van der Waals surface area contributed by atoms with Crippen molar-refractivity contribution in [3.63, 3.8) is 0 Å². The third-order valence-electron chi connectivity index (χ3n) is 1.79. The minimum atomic E-state index is -4.35. The van der Waals surface area contributed by atoms with Crippen molar-refractivity contribution in [1.29, 1.82) is 0 Å². The fourth-order valence-corrected chi connectivity index (χ4v) is 1.13. The molecule has 1 aromatic rings. The summed E-state index contributed by atoms with van der Waals surface area (Å²) in [6.07, 6.45) is -3.14. The number of rotatable bonds is 2. The summed E-state index contributed by atoms with van der Waals surface area (Å²) >= 11 is 0. The lowest BCUT2D eigenvalue weighted by atomic mass is 10.2. The van der Waals surface area contributed by atoms with Crippen LogP contribution in [0, 0.1) is 6.57 Å². The second-order valence-electron chi connectivity index (χ2n) is 3.14. The van der Waals surface area contributed by atoms with Crippen molar-refractivity contribution in [2.45, 2.75) is 13.1 Å². The van der Waals surface area contributed by atoms with Crippen LogP contribution in [0.15, 0.2) is 36.2 Å². The fraction of sp³-hybridized carbons (Fsp3) is 0.182. The summed E-state index contributed by atoms with van der Waals surface area (Å²) in [5, 5.41) is 2.70. The van der Waals surface area contributed by atoms with Gasteiger partial charge in [-0.25, -0.2) is 4.85 Å². The van der Waals surface area contributed by atoms with E-state index in [1.165, 1.54) is 18.3 Å². The topological polar surface area (TPSA) is 16.4 Å². The van der Waals surface area contributed by atoms with Gasteiger partial charge in [0.1, 0.15) is 0 Å². The summed E-state index contributed by atoms with van der Waals surface area (Å²) in [6, 6.07) is 4.83. The number of anilines is 1. The van der Waals surface area contributed by atoms with Crippen molar-refractivity contribution < 1.29 is 13.2 Å². The molecule has 0 aliphatic rings. The summed E-state index contributed by atoms with van der Waals surface area (Å²) in [5.74, 6) is 0. The van der Waals surface area contributed by atoms with Crippen LogP contribution in [-0.2, 0) is 6.18 Å². The predicted octanol–water partition coefficient (Wildman–Crippen LogP) is 3.90. The average molecular weight is 226 g/mol. The van der Waals surface area contributed by atoms with Gasteiger partial charge < -0.3 is 5.32 Å². The van der Waals surface area contributed by atoms with Gasteiger partial charge >= 0.3 is 6.18 Å². The van der Waals surface area contributed by atoms with Gasteiger partial charge in [-0.15, -0.1) is 0 Å². The van der Waals surface area contributed by atoms with Crippen LogP contribution in [0.3, 0.4) is 0 Å². The first-order valence-corrected chi connectivity index (χ1v) is 4.41. The lowest BCUT2D eigenvalue weighted by Gasteiger charge is -2.10. The first-order chi connectivity index (χ1) is 7.43. The van der Waals surface area contributed by atoms with Crippen LogP contribution in [0.1, 0.15) is 12.5 Å². The minimum absolute atomic E-state index is 0.312. The number of allylic oxidation sites excluding steroid dienone is 1. The number of alkyl halides is 3. The third kappa shape index (κ3) is 3.31. The smallest absolute Gasteiger partial charge is 0.369 e. The summed E-state index contributed by atoms with van der Waals surface area (Å²) in [4.78, 5) is 3.01. The average Bonchev–Trinajstić information content (AvgIpc) is 2.17. The molecule has 1 rings (SSSR count). The van der Waals surface area contributed by atoms with Gasteiger partial charge in [-0.2, -0.15) is 13.2 Å². The van der Waals surface area contributed by atoms with E-state index in [9.17, 15) is 13.2 Å². The van der Waals surface area contributed by atoms with Crippen molar-refractivity contribution >= 4 is 5.69 Å². The molecule has 0 saturated heterocycles. The van der Waals surface area contributed by atoms with Gasteiger partial charge in [0.2, 0.25) is 0 Å². The normalized spacial score (nSPS) is 12.1. The Morgan fingerprint density at radius 2 is 2.12 bits per heavy atom. The molecule has 0 unspecified atom stereocenters. The minimum Gasteiger partial charge on any atom is -0.369 e. The molecule has 0 radical (unpaired) electrons. The Morgan fingerprint density at radius 1 is 1.44 bits per heavy atom. The molecule has 0 amide bonds. The highest BCUT2D eigenvalue weighted by Crippen LogP contribution is 2.30. The summed E-state index contributed by atoms with van der Waals surface area (Å²) in [6.45, 7) is 8.18. The first kappa shape index (κ1) is 12.1. The Labute approximate surface area is 91.2 Å². The van der Waals surface area contributed by atoms with Crippen LogP contribution < -0.4 is 5.32 Å². The molecule has 0 aliphatic heterocycles. The fourth-order valence-electron chi connectivity index (χ4n) is 1.13. The van der Waals surface area contributed by atoms with E-state index in [-0.39, 0.29) is 0 Å². The van der Waals surface area contributed by atoms with Crippen LogP contribution in [0.2, 0.25) is 0 Å². The maximum atomic E-state index is 12.4. The van der Waals surface area contributed by atoms with E-state index in [1.54, 1.807) is 6.92 Å². The van der Waals surface area contributed by atoms with Crippen LogP contribution in [-0.4, -0.2) is 0 Å². The maximum Gasteiger partial charge on any atom is 0.416 e. The second-order valence-corrected chi connectivity index (χ2v) is 3.14. The Hall–Kier alpha value is -1.96. The highest BCUT2D eigenvalue weighted by Gasteiger charge is 2.30. The van der Waals surface area contributed by atoms with Crippen LogP contribution in [0.25, 0.3) is 4.85 Å². The standard InChI is InChI=1S/C11H9F3N2/c1-8(7-15-2)16-10-5-3-4-9(6-10)11(12,13)14/h3-7,16H,1H3/b8-7+. The zero-order valence-electron chi connectivity index (χ0n) is 8.47. The van der Waals surface area contributed by atoms with Crippen LogP contribution in [0.4, 0.5) is 18.9 Å². The van der Waals surface area contributed by atoms with Crippen molar-refractivity contribution in [1.82, 2.24) is 0 Å². The highest BCUT2D eigenvalue weighted by atomic mass is 19.4. The van der Waals surface area contributed by atoms with E-state index in [1.807, 2.05) is 0 Å². The molecule has 1 N–H and O–H groups in total. The van der Waals surface area contributed by atoms with E-state index >= 15 is 0 Å². The lowest BCUT2D eigenvalue weighted by Crippen LogP contribution is -2.05. The number of nitrogens with one attached hydrogen (secondary N) is 1. The molecule has 0 aromatic heterocycles. The van der Waals surface area contributed by atoms with E-state index in [4.69, 9.17) is 6.57 Å². The van der Waals surface area contributed by atoms with Crippen molar-refractivity contribution in [3.05, 3.63) is 53.1 Å². The van der Waals surface area contributed by atoms with E-state index in [0.717, 1.165) is 12.1 Å². The van der Waals surface area contributed by atoms with Crippen molar-refractivity contribution in [2.75, 3.05) is 5.32 Å². The molecule has 0 atom stereocenters. The van der Waals surface area contributed by atoms with Gasteiger partial charge in [-0.1, -0.05) is 6.07 Å². The summed E-state index contributed by atoms with van der Waals surface area (Å²) in [5.41, 5.74) is 0.0923. The molecule has 0 heterocycles. The molecular weight excluding hydrogens is 217 g/mol. The molecular formula is C11H9F3N2. The van der Waals surface area contributed by atoms with E-state index in [0.29, 0.717) is 11.4 Å². The second kappa shape index (κ2) is 4.71. The quantitative estimate of drug-likeness (QED) is 0.756. The summed E-state index contributed by atoms with van der Waals surface area (Å²) in [7, 11) is 0. The third-order valence-corrected chi connectivity index (χ3v) is 1.79. The Balaban J connectivity index is 2.93. The van der Waals surface area contributed by atoms with Gasteiger partial charge in [0.15, 0.2) is 6.20 Å². The Morgan fingerprint density at radius 3 is 2.69 bits per heavy atom. The SMILES string of the molecule is [C-]#[N+]/C=C(\C)Nc1cccc(C(F)(F)F)c1. The van der Waals surface area contributed by atoms with Gasteiger partial charge in [0.25, 0.3) is 0 Å². The van der Waals surface area contributed by atoms with Gasteiger partial charge in [0.05, 0.1) is 12.1 Å². The molecule has 0 aliphatic carbocycles. The largest absolute Gasteiger partial charge is 0.416 e. The number of nitrogens with zero attached hydrogens (tertiary/aromatic N) is 1. The lowest BCUT2D eigenvalue weighted by molar-refractivity contribution is -0.137. The zero-order valence-corrected chi connectivity index (χ0v) is 8.47. The molecule has 84 valence electrons. The zero-order chi connectivity index (χ0) is 12.2. The summed E-state index contributed by atoms with van der Waals surface area (Å²) < 4.78 is 37.1. The molecule has 1 aromatic carbocycles. The van der Waals surface area contributed by atoms with E-state index < -0.39 is 11.7 Å². The molecule has 5 heteroatoms. The molecule has 2 nitrogen and oxygen atoms in total. The molecule has 0 saturated carbocycles. The molecule has 0 fully saturated rings. The number of hydrogen-bond donors (Lipinski definition) is 1. The van der Waals surface area contributed by atoms with Gasteiger partial charge in [-0.3, -0.25) is 0 Å².